The Balaban J connectivity index is 2.98. The summed E-state index contributed by atoms with van der Waals surface area (Å²) in [6.07, 6.45) is 10.0. The Morgan fingerprint density at radius 1 is 1.23 bits per heavy atom. The molecule has 0 saturated carbocycles. The molecule has 0 radical (unpaired) electrons. The minimum atomic E-state index is 1.07. The molecule has 0 aliphatic heterocycles. The summed E-state index contributed by atoms with van der Waals surface area (Å²) in [6.45, 7) is 8.58. The van der Waals surface area contributed by atoms with Crippen LogP contribution in [0.5, 0.6) is 0 Å². The van der Waals surface area contributed by atoms with Gasteiger partial charge < -0.3 is 0 Å². The zero-order valence-electron chi connectivity index (χ0n) is 9.02. The van der Waals surface area contributed by atoms with Crippen LogP contribution in [0.2, 0.25) is 0 Å². The van der Waals surface area contributed by atoms with Gasteiger partial charge in [0.25, 0.3) is 0 Å². The fourth-order valence-corrected chi connectivity index (χ4v) is 1.52. The van der Waals surface area contributed by atoms with E-state index in [1.807, 2.05) is 0 Å². The second-order valence-electron chi connectivity index (χ2n) is 3.68. The SMILES string of the molecule is C/C=C(/C)C1=CC(C)=CC(C)=CC1. The Kier molecular flexibility index (Phi) is 3.30. The van der Waals surface area contributed by atoms with E-state index in [1.165, 1.54) is 22.3 Å². The smallest absolute Gasteiger partial charge is 0.00891 e. The molecule has 0 nitrogen and oxygen atoms in total. The molecule has 1 aliphatic rings. The van der Waals surface area contributed by atoms with Crippen molar-refractivity contribution in [1.82, 2.24) is 0 Å². The van der Waals surface area contributed by atoms with Crippen molar-refractivity contribution in [2.24, 2.45) is 0 Å². The quantitative estimate of drug-likeness (QED) is 0.559. The molecule has 0 unspecified atom stereocenters. The number of rotatable bonds is 1. The molecule has 1 aliphatic carbocycles. The molecule has 0 aromatic rings. The Morgan fingerprint density at radius 2 is 1.92 bits per heavy atom. The van der Waals surface area contributed by atoms with Crippen LogP contribution >= 0.6 is 0 Å². The van der Waals surface area contributed by atoms with Gasteiger partial charge in [-0.15, -0.1) is 0 Å². The van der Waals surface area contributed by atoms with Gasteiger partial charge in [0.05, 0.1) is 0 Å². The van der Waals surface area contributed by atoms with E-state index in [4.69, 9.17) is 0 Å². The standard InChI is InChI=1S/C13H18/c1-5-12(4)13-7-6-10(2)8-11(3)9-13/h5-6,8-9H,7H2,1-4H3/b12-5-. The first kappa shape index (κ1) is 10.0. The van der Waals surface area contributed by atoms with Gasteiger partial charge in [-0.05, 0) is 39.7 Å². The van der Waals surface area contributed by atoms with E-state index in [-0.39, 0.29) is 0 Å². The van der Waals surface area contributed by atoms with Crippen molar-refractivity contribution in [2.45, 2.75) is 34.1 Å². The topological polar surface area (TPSA) is 0 Å². The normalized spacial score (nSPS) is 18.8. The molecule has 0 spiro atoms. The van der Waals surface area contributed by atoms with Gasteiger partial charge in [-0.25, -0.2) is 0 Å². The Hall–Kier alpha value is -1.04. The summed E-state index contributed by atoms with van der Waals surface area (Å²) in [5.41, 5.74) is 5.54. The molecule has 0 heterocycles. The van der Waals surface area contributed by atoms with E-state index >= 15 is 0 Å². The summed E-state index contributed by atoms with van der Waals surface area (Å²) >= 11 is 0. The van der Waals surface area contributed by atoms with Gasteiger partial charge in [0.15, 0.2) is 0 Å². The van der Waals surface area contributed by atoms with Gasteiger partial charge in [0.1, 0.15) is 0 Å². The average Bonchev–Trinajstić information content (AvgIpc) is 2.25. The van der Waals surface area contributed by atoms with Crippen LogP contribution < -0.4 is 0 Å². The lowest BCUT2D eigenvalue weighted by molar-refractivity contribution is 1.19. The number of hydrogen-bond acceptors (Lipinski definition) is 0. The van der Waals surface area contributed by atoms with Crippen molar-refractivity contribution >= 4 is 0 Å². The highest BCUT2D eigenvalue weighted by molar-refractivity contribution is 5.42. The summed E-state index contributed by atoms with van der Waals surface area (Å²) < 4.78 is 0. The molecule has 0 saturated heterocycles. The van der Waals surface area contributed by atoms with E-state index < -0.39 is 0 Å². The van der Waals surface area contributed by atoms with Gasteiger partial charge >= 0.3 is 0 Å². The lowest BCUT2D eigenvalue weighted by atomic mass is 10.0. The minimum absolute atomic E-state index is 1.07. The highest BCUT2D eigenvalue weighted by atomic mass is 14.1. The monoisotopic (exact) mass is 174 g/mol. The second kappa shape index (κ2) is 4.27. The number of hydrogen-bond donors (Lipinski definition) is 0. The summed E-state index contributed by atoms with van der Waals surface area (Å²) in [4.78, 5) is 0. The highest BCUT2D eigenvalue weighted by Gasteiger charge is 2.01. The average molecular weight is 174 g/mol. The maximum atomic E-state index is 2.29. The molecule has 0 atom stereocenters. The van der Waals surface area contributed by atoms with Crippen LogP contribution in [0.1, 0.15) is 34.1 Å². The Labute approximate surface area is 81.4 Å². The predicted molar refractivity (Wildman–Crippen MR) is 59.6 cm³/mol. The van der Waals surface area contributed by atoms with Crippen molar-refractivity contribution < 1.29 is 0 Å². The minimum Gasteiger partial charge on any atom is -0.0844 e. The zero-order chi connectivity index (χ0) is 9.84. The van der Waals surface area contributed by atoms with Crippen molar-refractivity contribution in [3.8, 4) is 0 Å². The third-order valence-electron chi connectivity index (χ3n) is 2.44. The first-order valence-corrected chi connectivity index (χ1v) is 4.82. The molecule has 0 fully saturated rings. The third kappa shape index (κ3) is 2.73. The molecule has 0 aromatic carbocycles. The fraction of sp³-hybridized carbons (Fsp3) is 0.385. The van der Waals surface area contributed by atoms with Crippen LogP contribution in [-0.2, 0) is 0 Å². The second-order valence-corrected chi connectivity index (χ2v) is 3.68. The van der Waals surface area contributed by atoms with Crippen LogP contribution in [0.3, 0.4) is 0 Å². The first-order valence-electron chi connectivity index (χ1n) is 4.82. The van der Waals surface area contributed by atoms with E-state index in [0.717, 1.165) is 6.42 Å². The van der Waals surface area contributed by atoms with Gasteiger partial charge in [-0.1, -0.05) is 41.0 Å². The van der Waals surface area contributed by atoms with Crippen LogP contribution in [0, 0.1) is 0 Å². The summed E-state index contributed by atoms with van der Waals surface area (Å²) in [5, 5.41) is 0. The van der Waals surface area contributed by atoms with Gasteiger partial charge in [-0.2, -0.15) is 0 Å². The maximum Gasteiger partial charge on any atom is -0.00891 e. The molecule has 0 amide bonds. The summed E-state index contributed by atoms with van der Waals surface area (Å²) in [6, 6.07) is 0. The molecular weight excluding hydrogens is 156 g/mol. The third-order valence-corrected chi connectivity index (χ3v) is 2.44. The predicted octanol–water partition coefficient (Wildman–Crippen LogP) is 4.18. The van der Waals surface area contributed by atoms with Crippen LogP contribution in [0.4, 0.5) is 0 Å². The highest BCUT2D eigenvalue weighted by Crippen LogP contribution is 2.21. The molecule has 13 heavy (non-hydrogen) atoms. The number of allylic oxidation sites excluding steroid dienone is 8. The van der Waals surface area contributed by atoms with Crippen molar-refractivity contribution in [3.63, 3.8) is 0 Å². The molecule has 70 valence electrons. The van der Waals surface area contributed by atoms with E-state index in [0.29, 0.717) is 0 Å². The zero-order valence-corrected chi connectivity index (χ0v) is 9.02. The van der Waals surface area contributed by atoms with Gasteiger partial charge in [0.2, 0.25) is 0 Å². The molecular formula is C13H18. The van der Waals surface area contributed by atoms with Crippen LogP contribution in [0.25, 0.3) is 0 Å². The Morgan fingerprint density at radius 3 is 2.54 bits per heavy atom. The molecule has 1 rings (SSSR count). The van der Waals surface area contributed by atoms with E-state index in [1.54, 1.807) is 0 Å². The van der Waals surface area contributed by atoms with Crippen LogP contribution in [-0.4, -0.2) is 0 Å². The maximum absolute atomic E-state index is 2.29. The fourth-order valence-electron chi connectivity index (χ4n) is 1.52. The molecule has 0 heteroatoms. The van der Waals surface area contributed by atoms with Crippen molar-refractivity contribution in [1.29, 1.82) is 0 Å². The van der Waals surface area contributed by atoms with Crippen LogP contribution in [0.15, 0.2) is 46.6 Å². The largest absolute Gasteiger partial charge is 0.0844 e. The lowest BCUT2D eigenvalue weighted by Gasteiger charge is -2.03. The van der Waals surface area contributed by atoms with E-state index in [2.05, 4.69) is 52.0 Å². The first-order chi connectivity index (χ1) is 6.13. The van der Waals surface area contributed by atoms with Gasteiger partial charge in [-0.3, -0.25) is 0 Å². The molecule has 0 bridgehead atoms. The Bertz CT molecular complexity index is 309. The van der Waals surface area contributed by atoms with Crippen molar-refractivity contribution in [3.05, 3.63) is 46.6 Å². The molecule has 0 aromatic heterocycles. The summed E-state index contributed by atoms with van der Waals surface area (Å²) in [7, 11) is 0. The molecule has 0 N–H and O–H groups in total. The lowest BCUT2D eigenvalue weighted by Crippen LogP contribution is -1.83. The van der Waals surface area contributed by atoms with E-state index in [9.17, 15) is 0 Å². The van der Waals surface area contributed by atoms with Gasteiger partial charge in [0, 0.05) is 0 Å². The summed E-state index contributed by atoms with van der Waals surface area (Å²) in [5.74, 6) is 0. The van der Waals surface area contributed by atoms with Crippen molar-refractivity contribution in [2.75, 3.05) is 0 Å².